The average Bonchev–Trinajstić information content (AvgIpc) is 2.15. The molecule has 0 aromatic heterocycles. The fourth-order valence-corrected chi connectivity index (χ4v) is 1.89. The minimum Gasteiger partial charge on any atom is -0.368 e. The van der Waals surface area contributed by atoms with Crippen molar-refractivity contribution in [2.24, 2.45) is 5.73 Å². The predicted octanol–water partition coefficient (Wildman–Crippen LogP) is 1.75. The largest absolute Gasteiger partial charge is 0.368 e. The van der Waals surface area contributed by atoms with Gasteiger partial charge in [-0.15, -0.1) is 0 Å². The first kappa shape index (κ1) is 13.7. The van der Waals surface area contributed by atoms with Crippen molar-refractivity contribution in [3.05, 3.63) is 33.8 Å². The van der Waals surface area contributed by atoms with Gasteiger partial charge in [0.2, 0.25) is 5.91 Å². The van der Waals surface area contributed by atoms with Crippen LogP contribution in [0.15, 0.2) is 22.7 Å². The van der Waals surface area contributed by atoms with E-state index >= 15 is 0 Å². The van der Waals surface area contributed by atoms with Crippen molar-refractivity contribution < 1.29 is 9.59 Å². The molecule has 0 radical (unpaired) electrons. The van der Waals surface area contributed by atoms with Gasteiger partial charge in [0.15, 0.2) is 0 Å². The number of nitrogens with two attached hydrogens (primary N) is 1. The van der Waals surface area contributed by atoms with E-state index in [9.17, 15) is 9.59 Å². The van der Waals surface area contributed by atoms with E-state index in [0.29, 0.717) is 5.56 Å². The van der Waals surface area contributed by atoms with E-state index in [1.165, 1.54) is 0 Å². The van der Waals surface area contributed by atoms with Gasteiger partial charge in [-0.05, 0) is 44.5 Å². The Morgan fingerprint density at radius 1 is 1.29 bits per heavy atom. The summed E-state index contributed by atoms with van der Waals surface area (Å²) in [5.74, 6) is -0.893. The Labute approximate surface area is 109 Å². The fraction of sp³-hybridized carbons (Fsp3) is 0.333. The molecule has 0 aliphatic rings. The SMILES string of the molecule is Cc1cc(Br)cc(C(=O)NC(C)(C)C(N)=O)c1. The van der Waals surface area contributed by atoms with Crippen LogP contribution in [0, 0.1) is 6.92 Å². The van der Waals surface area contributed by atoms with Crippen LogP contribution in [-0.4, -0.2) is 17.4 Å². The summed E-state index contributed by atoms with van der Waals surface area (Å²) >= 11 is 3.32. The third-order valence-electron chi connectivity index (χ3n) is 2.35. The predicted molar refractivity (Wildman–Crippen MR) is 69.6 cm³/mol. The van der Waals surface area contributed by atoms with Crippen molar-refractivity contribution in [1.82, 2.24) is 5.32 Å². The Bertz CT molecular complexity index is 449. The van der Waals surface area contributed by atoms with Gasteiger partial charge in [0.25, 0.3) is 5.91 Å². The zero-order valence-electron chi connectivity index (χ0n) is 10.0. The lowest BCUT2D eigenvalue weighted by Gasteiger charge is -2.22. The van der Waals surface area contributed by atoms with E-state index in [0.717, 1.165) is 10.0 Å². The quantitative estimate of drug-likeness (QED) is 0.892. The van der Waals surface area contributed by atoms with Crippen LogP contribution >= 0.6 is 15.9 Å². The van der Waals surface area contributed by atoms with Crippen molar-refractivity contribution in [3.63, 3.8) is 0 Å². The lowest BCUT2D eigenvalue weighted by Crippen LogP contribution is -2.53. The van der Waals surface area contributed by atoms with Gasteiger partial charge in [0, 0.05) is 10.0 Å². The number of aryl methyl sites for hydroxylation is 1. The van der Waals surface area contributed by atoms with E-state index in [2.05, 4.69) is 21.2 Å². The van der Waals surface area contributed by atoms with Crippen LogP contribution in [0.1, 0.15) is 29.8 Å². The normalized spacial score (nSPS) is 11.1. The summed E-state index contributed by atoms with van der Waals surface area (Å²) in [6.07, 6.45) is 0. The summed E-state index contributed by atoms with van der Waals surface area (Å²) in [7, 11) is 0. The maximum Gasteiger partial charge on any atom is 0.252 e. The summed E-state index contributed by atoms with van der Waals surface area (Å²) < 4.78 is 0.819. The number of carbonyl (C=O) groups is 2. The maximum absolute atomic E-state index is 11.9. The summed E-state index contributed by atoms with van der Waals surface area (Å²) in [4.78, 5) is 23.0. The van der Waals surface area contributed by atoms with Crippen LogP contribution in [0.4, 0.5) is 0 Å². The first-order valence-electron chi connectivity index (χ1n) is 5.12. The molecule has 0 unspecified atom stereocenters. The second-order valence-corrected chi connectivity index (χ2v) is 5.38. The van der Waals surface area contributed by atoms with Gasteiger partial charge in [0.05, 0.1) is 0 Å². The second kappa shape index (κ2) is 4.87. The van der Waals surface area contributed by atoms with E-state index in [4.69, 9.17) is 5.73 Å². The number of carbonyl (C=O) groups excluding carboxylic acids is 2. The Hall–Kier alpha value is -1.36. The third kappa shape index (κ3) is 3.56. The Kier molecular flexibility index (Phi) is 3.93. The zero-order valence-corrected chi connectivity index (χ0v) is 11.6. The van der Waals surface area contributed by atoms with Crippen LogP contribution in [0.25, 0.3) is 0 Å². The molecular weight excluding hydrogens is 284 g/mol. The molecule has 0 heterocycles. The number of rotatable bonds is 3. The Balaban J connectivity index is 2.94. The molecule has 2 amide bonds. The molecule has 3 N–H and O–H groups in total. The molecule has 92 valence electrons. The van der Waals surface area contributed by atoms with Crippen molar-refractivity contribution in [2.45, 2.75) is 26.3 Å². The van der Waals surface area contributed by atoms with Gasteiger partial charge in [0.1, 0.15) is 5.54 Å². The molecule has 1 aromatic carbocycles. The zero-order chi connectivity index (χ0) is 13.2. The van der Waals surface area contributed by atoms with Crippen LogP contribution in [0.5, 0.6) is 0 Å². The standard InChI is InChI=1S/C12H15BrN2O2/c1-7-4-8(6-9(13)5-7)10(16)15-12(2,3)11(14)17/h4-6H,1-3H3,(H2,14,17)(H,15,16). The molecule has 1 aromatic rings. The minimum absolute atomic E-state index is 0.321. The highest BCUT2D eigenvalue weighted by Gasteiger charge is 2.27. The summed E-state index contributed by atoms with van der Waals surface area (Å²) in [5, 5.41) is 2.59. The molecule has 4 nitrogen and oxygen atoms in total. The van der Waals surface area contributed by atoms with E-state index in [1.54, 1.807) is 26.0 Å². The maximum atomic E-state index is 11.9. The number of hydrogen-bond acceptors (Lipinski definition) is 2. The number of nitrogens with one attached hydrogen (secondary N) is 1. The molecule has 0 fully saturated rings. The van der Waals surface area contributed by atoms with Gasteiger partial charge >= 0.3 is 0 Å². The van der Waals surface area contributed by atoms with E-state index < -0.39 is 11.4 Å². The number of benzene rings is 1. The van der Waals surface area contributed by atoms with Crippen LogP contribution in [-0.2, 0) is 4.79 Å². The average molecular weight is 299 g/mol. The topological polar surface area (TPSA) is 72.2 Å². The lowest BCUT2D eigenvalue weighted by atomic mass is 10.0. The molecule has 0 bridgehead atoms. The number of amides is 2. The third-order valence-corrected chi connectivity index (χ3v) is 2.80. The van der Waals surface area contributed by atoms with Gasteiger partial charge in [-0.2, -0.15) is 0 Å². The number of primary amides is 1. The summed E-state index contributed by atoms with van der Waals surface area (Å²) in [5.41, 5.74) is 5.58. The molecule has 0 aliphatic carbocycles. The van der Waals surface area contributed by atoms with Crippen LogP contribution < -0.4 is 11.1 Å². The first-order chi connectivity index (χ1) is 7.72. The highest BCUT2D eigenvalue weighted by Crippen LogP contribution is 2.16. The molecule has 0 aliphatic heterocycles. The van der Waals surface area contributed by atoms with Crippen LogP contribution in [0.3, 0.4) is 0 Å². The molecule has 0 saturated carbocycles. The monoisotopic (exact) mass is 298 g/mol. The number of halogens is 1. The van der Waals surface area contributed by atoms with Crippen molar-refractivity contribution in [3.8, 4) is 0 Å². The van der Waals surface area contributed by atoms with E-state index in [1.807, 2.05) is 13.0 Å². The van der Waals surface area contributed by atoms with E-state index in [-0.39, 0.29) is 5.91 Å². The van der Waals surface area contributed by atoms with Crippen LogP contribution in [0.2, 0.25) is 0 Å². The summed E-state index contributed by atoms with van der Waals surface area (Å²) in [6.45, 7) is 5.02. The molecule has 0 saturated heterocycles. The molecule has 17 heavy (non-hydrogen) atoms. The van der Waals surface area contributed by atoms with Gasteiger partial charge in [-0.3, -0.25) is 9.59 Å². The van der Waals surface area contributed by atoms with Gasteiger partial charge < -0.3 is 11.1 Å². The highest BCUT2D eigenvalue weighted by atomic mass is 79.9. The lowest BCUT2D eigenvalue weighted by molar-refractivity contribution is -0.122. The molecule has 1 rings (SSSR count). The molecule has 0 spiro atoms. The number of hydrogen-bond donors (Lipinski definition) is 2. The Morgan fingerprint density at radius 3 is 2.35 bits per heavy atom. The molecular formula is C12H15BrN2O2. The fourth-order valence-electron chi connectivity index (χ4n) is 1.29. The second-order valence-electron chi connectivity index (χ2n) is 4.46. The summed E-state index contributed by atoms with van der Waals surface area (Å²) in [6, 6.07) is 5.34. The first-order valence-corrected chi connectivity index (χ1v) is 5.91. The molecule has 0 atom stereocenters. The minimum atomic E-state index is -1.06. The van der Waals surface area contributed by atoms with Gasteiger partial charge in [-0.1, -0.05) is 15.9 Å². The Morgan fingerprint density at radius 2 is 1.88 bits per heavy atom. The van der Waals surface area contributed by atoms with Crippen molar-refractivity contribution in [1.29, 1.82) is 0 Å². The van der Waals surface area contributed by atoms with Crippen molar-refractivity contribution >= 4 is 27.7 Å². The highest BCUT2D eigenvalue weighted by molar-refractivity contribution is 9.10. The van der Waals surface area contributed by atoms with Gasteiger partial charge in [-0.25, -0.2) is 0 Å². The molecule has 5 heteroatoms. The smallest absolute Gasteiger partial charge is 0.252 e. The van der Waals surface area contributed by atoms with Crippen molar-refractivity contribution in [2.75, 3.05) is 0 Å².